The Morgan fingerprint density at radius 2 is 2.00 bits per heavy atom. The molecule has 0 radical (unpaired) electrons. The number of esters is 1. The van der Waals surface area contributed by atoms with Crippen molar-refractivity contribution in [2.24, 2.45) is 5.92 Å². The molecule has 7 heteroatoms. The number of nitrogens with zero attached hydrogens (tertiary/aromatic N) is 2. The number of fused-ring (bicyclic) bond motifs is 1. The van der Waals surface area contributed by atoms with Crippen molar-refractivity contribution < 1.29 is 23.9 Å². The molecule has 2 heterocycles. The molecular weight excluding hydrogens is 348 g/mol. The zero-order chi connectivity index (χ0) is 19.2. The topological polar surface area (TPSA) is 76.2 Å². The van der Waals surface area contributed by atoms with E-state index in [0.29, 0.717) is 18.9 Å². The lowest BCUT2D eigenvalue weighted by atomic mass is 9.94. The van der Waals surface area contributed by atoms with E-state index in [4.69, 9.17) is 4.74 Å². The van der Waals surface area contributed by atoms with Crippen LogP contribution < -0.4 is 4.90 Å². The maximum Gasteiger partial charge on any atom is 0.414 e. The van der Waals surface area contributed by atoms with Gasteiger partial charge in [-0.15, -0.1) is 0 Å². The van der Waals surface area contributed by atoms with E-state index < -0.39 is 0 Å². The predicted molar refractivity (Wildman–Crippen MR) is 97.3 cm³/mol. The minimum absolute atomic E-state index is 0.0960. The Labute approximate surface area is 158 Å². The first-order valence-electron chi connectivity index (χ1n) is 9.34. The standard InChI is InChI=1S/C20H24N2O5/c1-13(23)21-10-15-9-20(15,12-21)14-3-5-16(6-4-14)22-11-17(27-19(22)25)7-8-18(24)26-2/h3-6,15,17H,7-12H2,1-2H3/t15?,17-,20?/m0/s1. The second-order valence-electron chi connectivity index (χ2n) is 7.73. The number of amides is 2. The summed E-state index contributed by atoms with van der Waals surface area (Å²) in [5.74, 6) is 0.381. The summed E-state index contributed by atoms with van der Waals surface area (Å²) in [5.41, 5.74) is 2.12. The molecule has 3 aliphatic rings. The highest BCUT2D eigenvalue weighted by Gasteiger charge is 2.61. The number of hydrogen-bond acceptors (Lipinski definition) is 5. The number of ether oxygens (including phenoxy) is 2. The number of carbonyl (C=O) groups excluding carboxylic acids is 3. The van der Waals surface area contributed by atoms with Gasteiger partial charge < -0.3 is 14.4 Å². The Balaban J connectivity index is 1.41. The number of rotatable bonds is 5. The lowest BCUT2D eigenvalue weighted by molar-refractivity contribution is -0.141. The SMILES string of the molecule is COC(=O)CC[C@H]1CN(c2ccc(C34CC3CN(C(C)=O)C4)cc2)C(=O)O1. The molecule has 2 saturated heterocycles. The van der Waals surface area contributed by atoms with E-state index in [2.05, 4.69) is 16.9 Å². The second-order valence-corrected chi connectivity index (χ2v) is 7.73. The zero-order valence-electron chi connectivity index (χ0n) is 15.6. The van der Waals surface area contributed by atoms with Crippen LogP contribution in [0, 0.1) is 5.92 Å². The van der Waals surface area contributed by atoms with Gasteiger partial charge in [0, 0.05) is 37.5 Å². The lowest BCUT2D eigenvalue weighted by Crippen LogP contribution is -2.30. The van der Waals surface area contributed by atoms with E-state index in [1.54, 1.807) is 11.8 Å². The normalized spacial score (nSPS) is 28.7. The molecule has 144 valence electrons. The highest BCUT2D eigenvalue weighted by molar-refractivity contribution is 5.89. The summed E-state index contributed by atoms with van der Waals surface area (Å²) >= 11 is 0. The van der Waals surface area contributed by atoms with E-state index in [1.807, 2.05) is 17.0 Å². The maximum absolute atomic E-state index is 12.2. The quantitative estimate of drug-likeness (QED) is 0.740. The number of likely N-dealkylation sites (tertiary alicyclic amines) is 1. The van der Waals surface area contributed by atoms with Crippen LogP contribution in [0.25, 0.3) is 0 Å². The van der Waals surface area contributed by atoms with E-state index in [0.717, 1.165) is 25.2 Å². The van der Waals surface area contributed by atoms with Crippen LogP contribution in [-0.4, -0.2) is 55.7 Å². The molecule has 1 aromatic carbocycles. The van der Waals surface area contributed by atoms with Gasteiger partial charge in [0.25, 0.3) is 0 Å². The van der Waals surface area contributed by atoms with Gasteiger partial charge in [-0.3, -0.25) is 14.5 Å². The number of piperidine rings is 1. The minimum atomic E-state index is -0.385. The van der Waals surface area contributed by atoms with Crippen molar-refractivity contribution in [2.75, 3.05) is 31.6 Å². The van der Waals surface area contributed by atoms with Gasteiger partial charge >= 0.3 is 12.1 Å². The molecule has 0 spiro atoms. The highest BCUT2D eigenvalue weighted by Crippen LogP contribution is 2.59. The van der Waals surface area contributed by atoms with Gasteiger partial charge in [0.2, 0.25) is 5.91 Å². The first-order chi connectivity index (χ1) is 12.9. The van der Waals surface area contributed by atoms with Crippen molar-refractivity contribution in [1.82, 2.24) is 4.90 Å². The molecule has 3 atom stereocenters. The summed E-state index contributed by atoms with van der Waals surface area (Å²) in [6.07, 6.45) is 1.12. The third-order valence-electron chi connectivity index (χ3n) is 6.12. The van der Waals surface area contributed by atoms with Crippen molar-refractivity contribution >= 4 is 23.7 Å². The Kier molecular flexibility index (Phi) is 4.32. The summed E-state index contributed by atoms with van der Waals surface area (Å²) in [5, 5.41) is 0. The number of anilines is 1. The van der Waals surface area contributed by atoms with Crippen LogP contribution in [0.1, 0.15) is 31.7 Å². The van der Waals surface area contributed by atoms with E-state index in [1.165, 1.54) is 12.7 Å². The molecule has 3 fully saturated rings. The number of methoxy groups -OCH3 is 1. The third-order valence-corrected chi connectivity index (χ3v) is 6.12. The van der Waals surface area contributed by atoms with Crippen LogP contribution >= 0.6 is 0 Å². The summed E-state index contributed by atoms with van der Waals surface area (Å²) in [6, 6.07) is 8.02. The average Bonchev–Trinajstić information content (AvgIpc) is 3.03. The Bertz CT molecular complexity index is 777. The fourth-order valence-electron chi connectivity index (χ4n) is 4.41. The largest absolute Gasteiger partial charge is 0.469 e. The van der Waals surface area contributed by atoms with Crippen LogP contribution in [0.4, 0.5) is 10.5 Å². The number of benzene rings is 1. The minimum Gasteiger partial charge on any atom is -0.469 e. The van der Waals surface area contributed by atoms with Crippen molar-refractivity contribution in [3.63, 3.8) is 0 Å². The first-order valence-corrected chi connectivity index (χ1v) is 9.34. The average molecular weight is 372 g/mol. The van der Waals surface area contributed by atoms with Gasteiger partial charge in [0.1, 0.15) is 6.10 Å². The number of carbonyl (C=O) groups is 3. The van der Waals surface area contributed by atoms with Crippen LogP contribution in [0.5, 0.6) is 0 Å². The van der Waals surface area contributed by atoms with Gasteiger partial charge in [-0.25, -0.2) is 4.79 Å². The van der Waals surface area contributed by atoms with E-state index >= 15 is 0 Å². The Hall–Kier alpha value is -2.57. The molecule has 4 rings (SSSR count). The fourth-order valence-corrected chi connectivity index (χ4v) is 4.41. The van der Waals surface area contributed by atoms with Crippen LogP contribution in [0.2, 0.25) is 0 Å². The molecule has 1 aliphatic carbocycles. The van der Waals surface area contributed by atoms with Gasteiger partial charge in [-0.2, -0.15) is 0 Å². The van der Waals surface area contributed by atoms with Crippen molar-refractivity contribution in [3.8, 4) is 0 Å². The first kappa shape index (κ1) is 17.8. The Morgan fingerprint density at radius 1 is 1.26 bits per heavy atom. The molecule has 1 aromatic rings. The molecule has 2 unspecified atom stereocenters. The molecule has 0 aromatic heterocycles. The van der Waals surface area contributed by atoms with Gasteiger partial charge in [-0.1, -0.05) is 12.1 Å². The van der Waals surface area contributed by atoms with Crippen LogP contribution in [0.15, 0.2) is 24.3 Å². The smallest absolute Gasteiger partial charge is 0.414 e. The van der Waals surface area contributed by atoms with Crippen molar-refractivity contribution in [2.45, 2.75) is 37.7 Å². The predicted octanol–water partition coefficient (Wildman–Crippen LogP) is 2.08. The van der Waals surface area contributed by atoms with Gasteiger partial charge in [-0.05, 0) is 36.5 Å². The molecule has 2 aliphatic heterocycles. The molecule has 1 saturated carbocycles. The van der Waals surface area contributed by atoms with Crippen LogP contribution in [0.3, 0.4) is 0 Å². The molecule has 2 amide bonds. The van der Waals surface area contributed by atoms with E-state index in [9.17, 15) is 14.4 Å². The van der Waals surface area contributed by atoms with Crippen molar-refractivity contribution in [1.29, 1.82) is 0 Å². The third kappa shape index (κ3) is 3.15. The summed E-state index contributed by atoms with van der Waals surface area (Å²) in [7, 11) is 1.35. The van der Waals surface area contributed by atoms with Crippen LogP contribution in [-0.2, 0) is 24.5 Å². The maximum atomic E-state index is 12.2. The summed E-state index contributed by atoms with van der Waals surface area (Å²) in [4.78, 5) is 38.6. The van der Waals surface area contributed by atoms with Crippen molar-refractivity contribution in [3.05, 3.63) is 29.8 Å². The fraction of sp³-hybridized carbons (Fsp3) is 0.550. The van der Waals surface area contributed by atoms with Gasteiger partial charge in [0.05, 0.1) is 13.7 Å². The molecule has 0 bridgehead atoms. The highest BCUT2D eigenvalue weighted by atomic mass is 16.6. The monoisotopic (exact) mass is 372 g/mol. The number of hydrogen-bond donors (Lipinski definition) is 0. The second kappa shape index (κ2) is 6.55. The number of cyclic esters (lactones) is 1. The molecule has 7 nitrogen and oxygen atoms in total. The Morgan fingerprint density at radius 3 is 2.63 bits per heavy atom. The van der Waals surface area contributed by atoms with E-state index in [-0.39, 0.29) is 35.9 Å². The van der Waals surface area contributed by atoms with Gasteiger partial charge in [0.15, 0.2) is 0 Å². The summed E-state index contributed by atoms with van der Waals surface area (Å²) in [6.45, 7) is 3.68. The lowest BCUT2D eigenvalue weighted by Gasteiger charge is -2.20. The molecular formula is C20H24N2O5. The zero-order valence-corrected chi connectivity index (χ0v) is 15.6. The molecule has 27 heavy (non-hydrogen) atoms. The molecule has 0 N–H and O–H groups in total. The summed E-state index contributed by atoms with van der Waals surface area (Å²) < 4.78 is 9.99.